The Morgan fingerprint density at radius 1 is 0.929 bits per heavy atom. The summed E-state index contributed by atoms with van der Waals surface area (Å²) in [5.41, 5.74) is 3.40. The van der Waals surface area contributed by atoms with Crippen LogP contribution in [0.15, 0.2) is 48.5 Å². The van der Waals surface area contributed by atoms with Crippen LogP contribution in [0.2, 0.25) is 0 Å². The van der Waals surface area contributed by atoms with Gasteiger partial charge in [-0.3, -0.25) is 10.1 Å². The van der Waals surface area contributed by atoms with Crippen molar-refractivity contribution in [3.05, 3.63) is 59.7 Å². The molecule has 228 valence electrons. The molecule has 3 N–H and O–H groups in total. The Morgan fingerprint density at radius 2 is 1.55 bits per heavy atom. The van der Waals surface area contributed by atoms with E-state index in [2.05, 4.69) is 40.2 Å². The number of esters is 1. The number of hydrogen-bond acceptors (Lipinski definition) is 7. The van der Waals surface area contributed by atoms with Crippen molar-refractivity contribution in [2.75, 3.05) is 26.8 Å². The van der Waals surface area contributed by atoms with E-state index < -0.39 is 23.3 Å². The molecule has 4 rings (SSSR count). The number of fused-ring (bicyclic) bond motifs is 3. The van der Waals surface area contributed by atoms with Gasteiger partial charge in [-0.05, 0) is 75.1 Å². The van der Waals surface area contributed by atoms with Gasteiger partial charge >= 0.3 is 18.2 Å². The third-order valence-electron chi connectivity index (χ3n) is 8.03. The van der Waals surface area contributed by atoms with Crippen molar-refractivity contribution in [3.8, 4) is 11.1 Å². The van der Waals surface area contributed by atoms with Crippen molar-refractivity contribution in [1.29, 1.82) is 0 Å². The van der Waals surface area contributed by atoms with Crippen LogP contribution in [0.3, 0.4) is 0 Å². The molecule has 0 radical (unpaired) electrons. The van der Waals surface area contributed by atoms with Crippen LogP contribution in [-0.4, -0.2) is 62.1 Å². The normalized spacial score (nSPS) is 16.2. The number of hydrogen-bond donors (Lipinski definition) is 3. The molecule has 1 saturated carbocycles. The molecule has 1 atom stereocenters. The zero-order valence-corrected chi connectivity index (χ0v) is 25.3. The highest BCUT2D eigenvalue weighted by Gasteiger charge is 2.42. The Labute approximate surface area is 249 Å². The third-order valence-corrected chi connectivity index (χ3v) is 8.03. The summed E-state index contributed by atoms with van der Waals surface area (Å²) in [6.45, 7) is 6.59. The van der Waals surface area contributed by atoms with E-state index in [4.69, 9.17) is 14.2 Å². The Bertz CT molecular complexity index is 1190. The topological polar surface area (TPSA) is 115 Å². The Balaban J connectivity index is 1.23. The predicted molar refractivity (Wildman–Crippen MR) is 161 cm³/mol. The summed E-state index contributed by atoms with van der Waals surface area (Å²) < 4.78 is 16.2. The number of carbonyl (C=O) groups is 3. The molecular weight excluding hydrogens is 534 g/mol. The number of methoxy groups -OCH3 is 1. The van der Waals surface area contributed by atoms with Gasteiger partial charge in [0.05, 0.1) is 7.11 Å². The Kier molecular flexibility index (Phi) is 10.5. The predicted octanol–water partition coefficient (Wildman–Crippen LogP) is 5.66. The molecule has 0 heterocycles. The number of benzene rings is 2. The number of carbonyl (C=O) groups excluding carboxylic acids is 3. The van der Waals surface area contributed by atoms with Crippen molar-refractivity contribution >= 4 is 18.2 Å². The number of nitrogens with one attached hydrogen (secondary N) is 3. The molecule has 0 unspecified atom stereocenters. The molecule has 2 aliphatic carbocycles. The summed E-state index contributed by atoms with van der Waals surface area (Å²) in [5, 5.41) is 9.20. The molecule has 42 heavy (non-hydrogen) atoms. The van der Waals surface area contributed by atoms with Crippen LogP contribution in [0.25, 0.3) is 11.1 Å². The van der Waals surface area contributed by atoms with Crippen molar-refractivity contribution in [2.45, 2.75) is 88.8 Å². The van der Waals surface area contributed by atoms with Crippen molar-refractivity contribution in [3.63, 3.8) is 0 Å². The summed E-state index contributed by atoms with van der Waals surface area (Å²) in [6.07, 6.45) is 4.49. The second-order valence-electron chi connectivity index (χ2n) is 12.3. The molecule has 2 aliphatic rings. The van der Waals surface area contributed by atoms with E-state index in [0.29, 0.717) is 38.8 Å². The number of ether oxygens (including phenoxy) is 3. The second-order valence-corrected chi connectivity index (χ2v) is 12.3. The average Bonchev–Trinajstić information content (AvgIpc) is 3.57. The number of rotatable bonds is 12. The average molecular weight is 580 g/mol. The van der Waals surface area contributed by atoms with Crippen molar-refractivity contribution < 1.29 is 28.6 Å². The first kappa shape index (κ1) is 31.3. The molecule has 9 nitrogen and oxygen atoms in total. The number of unbranched alkanes of at least 4 members (excludes halogenated alkanes) is 1. The second kappa shape index (κ2) is 14.1. The van der Waals surface area contributed by atoms with Gasteiger partial charge in [0.1, 0.15) is 17.7 Å². The molecule has 0 saturated heterocycles. The van der Waals surface area contributed by atoms with Gasteiger partial charge in [-0.2, -0.15) is 0 Å². The maximum Gasteiger partial charge on any atom is 0.407 e. The molecule has 2 amide bonds. The molecule has 9 heteroatoms. The quantitative estimate of drug-likeness (QED) is 0.169. The number of amides is 2. The lowest BCUT2D eigenvalue weighted by atomic mass is 9.96. The van der Waals surface area contributed by atoms with Gasteiger partial charge in [0.15, 0.2) is 0 Å². The van der Waals surface area contributed by atoms with E-state index in [1.54, 1.807) is 0 Å². The Hall–Kier alpha value is -3.59. The lowest BCUT2D eigenvalue weighted by molar-refractivity contribution is -0.148. The molecule has 1 fully saturated rings. The Morgan fingerprint density at radius 3 is 2.14 bits per heavy atom. The van der Waals surface area contributed by atoms with Gasteiger partial charge in [0.25, 0.3) is 0 Å². The van der Waals surface area contributed by atoms with Gasteiger partial charge in [0.2, 0.25) is 0 Å². The zero-order chi connectivity index (χ0) is 30.2. The molecule has 2 aromatic rings. The first-order valence-electron chi connectivity index (χ1n) is 15.0. The minimum Gasteiger partial charge on any atom is -0.468 e. The van der Waals surface area contributed by atoms with Crippen LogP contribution in [-0.2, 0) is 19.0 Å². The van der Waals surface area contributed by atoms with Gasteiger partial charge in [-0.15, -0.1) is 0 Å². The van der Waals surface area contributed by atoms with Crippen LogP contribution in [0.5, 0.6) is 0 Å². The van der Waals surface area contributed by atoms with Crippen LogP contribution in [0.1, 0.15) is 82.8 Å². The van der Waals surface area contributed by atoms with E-state index >= 15 is 0 Å². The summed E-state index contributed by atoms with van der Waals surface area (Å²) in [5.74, 6) is -0.244. The molecule has 2 aromatic carbocycles. The van der Waals surface area contributed by atoms with E-state index in [1.807, 2.05) is 45.0 Å². The first-order valence-corrected chi connectivity index (χ1v) is 15.0. The summed E-state index contributed by atoms with van der Waals surface area (Å²) in [7, 11) is 1.41. The smallest absolute Gasteiger partial charge is 0.407 e. The van der Waals surface area contributed by atoms with Crippen LogP contribution < -0.4 is 16.0 Å². The third kappa shape index (κ3) is 8.03. The highest BCUT2D eigenvalue weighted by atomic mass is 16.6. The summed E-state index contributed by atoms with van der Waals surface area (Å²) >= 11 is 0. The van der Waals surface area contributed by atoms with E-state index in [-0.39, 0.29) is 24.5 Å². The fraction of sp³-hybridized carbons (Fsp3) is 0.545. The maximum absolute atomic E-state index is 12.5. The van der Waals surface area contributed by atoms with Crippen LogP contribution >= 0.6 is 0 Å². The lowest BCUT2D eigenvalue weighted by Crippen LogP contribution is -2.55. The van der Waals surface area contributed by atoms with Crippen LogP contribution in [0, 0.1) is 0 Å². The summed E-state index contributed by atoms with van der Waals surface area (Å²) in [4.78, 5) is 37.6. The van der Waals surface area contributed by atoms with Crippen LogP contribution in [0.4, 0.5) is 9.59 Å². The molecular formula is C33H45N3O6. The minimum absolute atomic E-state index is 0.0171. The molecule has 0 aromatic heterocycles. The highest BCUT2D eigenvalue weighted by Crippen LogP contribution is 2.44. The van der Waals surface area contributed by atoms with E-state index in [9.17, 15) is 14.4 Å². The van der Waals surface area contributed by atoms with Gasteiger partial charge < -0.3 is 24.8 Å². The van der Waals surface area contributed by atoms with Gasteiger partial charge in [0, 0.05) is 25.0 Å². The molecule has 0 spiro atoms. The fourth-order valence-corrected chi connectivity index (χ4v) is 6.00. The minimum atomic E-state index is -0.714. The monoisotopic (exact) mass is 579 g/mol. The summed E-state index contributed by atoms with van der Waals surface area (Å²) in [6, 6.07) is 16.2. The first-order chi connectivity index (χ1) is 20.1. The van der Waals surface area contributed by atoms with Crippen molar-refractivity contribution in [2.24, 2.45) is 0 Å². The zero-order valence-electron chi connectivity index (χ0n) is 25.3. The van der Waals surface area contributed by atoms with Crippen molar-refractivity contribution in [1.82, 2.24) is 16.0 Å². The van der Waals surface area contributed by atoms with E-state index in [0.717, 1.165) is 19.3 Å². The standard InChI is InChI=1S/C33H45N3O6/c1-32(2,3)42-31(39)36-23(21-35-33(29(37)40-4)18-10-11-19-33)13-9-12-20-34-30(38)41-22-28-26-16-7-5-14-24(26)25-15-6-8-17-27(25)28/h5-8,14-17,23,28,35H,9-13,18-22H2,1-4H3,(H,34,38)(H,36,39)/t23-/m0/s1. The largest absolute Gasteiger partial charge is 0.468 e. The lowest BCUT2D eigenvalue weighted by Gasteiger charge is -2.30. The fourth-order valence-electron chi connectivity index (χ4n) is 6.00. The SMILES string of the molecule is COC(=O)C1(NC[C@H](CCCCNC(=O)OCC2c3ccccc3-c3ccccc32)NC(=O)OC(C)(C)C)CCCC1. The number of alkyl carbamates (subject to hydrolysis) is 2. The highest BCUT2D eigenvalue weighted by molar-refractivity contribution is 5.81. The molecule has 0 bridgehead atoms. The van der Waals surface area contributed by atoms with Gasteiger partial charge in [-0.25, -0.2) is 9.59 Å². The maximum atomic E-state index is 12.5. The molecule has 0 aliphatic heterocycles. The van der Waals surface area contributed by atoms with Gasteiger partial charge in [-0.1, -0.05) is 61.4 Å². The van der Waals surface area contributed by atoms with E-state index in [1.165, 1.54) is 29.4 Å².